The lowest BCUT2D eigenvalue weighted by Crippen LogP contribution is -2.53. The van der Waals surface area contributed by atoms with Gasteiger partial charge in [0.2, 0.25) is 5.91 Å². The van der Waals surface area contributed by atoms with E-state index >= 15 is 0 Å². The molecule has 3 heterocycles. The van der Waals surface area contributed by atoms with Crippen LogP contribution in [0.15, 0.2) is 46.5 Å². The zero-order valence-electron chi connectivity index (χ0n) is 28.9. The predicted octanol–water partition coefficient (Wildman–Crippen LogP) is 4.29. The smallest absolute Gasteiger partial charge is 0.251 e. The standard InChI is InChI=1S/C34H46N8O6S/c1-7-34(6,48-23(5)43)30(44)21(3)47-22(4)32(46)42-16-14-41(15-17-42)29-19-27(36-28-18-20(2)39-40-28)37-33(38-29)49-26-12-10-25(11-13-26)35-31(45)24-8-9-24/h10-13,18-19,21-24,43H,7-9,14-17H2,1-6H3,(H,35,45)(H2,36,37,38,39,40). The summed E-state index contributed by atoms with van der Waals surface area (Å²) in [4.78, 5) is 53.0. The first-order chi connectivity index (χ1) is 23.3. The highest BCUT2D eigenvalue weighted by Gasteiger charge is 2.39. The van der Waals surface area contributed by atoms with Crippen molar-refractivity contribution in [2.45, 2.75) is 95.0 Å². The van der Waals surface area contributed by atoms with Crippen LogP contribution in [0.5, 0.6) is 0 Å². The van der Waals surface area contributed by atoms with Gasteiger partial charge in [-0.25, -0.2) is 9.97 Å². The van der Waals surface area contributed by atoms with E-state index in [0.717, 1.165) is 29.1 Å². The average Bonchev–Trinajstić information content (AvgIpc) is 3.86. The summed E-state index contributed by atoms with van der Waals surface area (Å²) in [6.07, 6.45) is -0.611. The maximum absolute atomic E-state index is 13.4. The lowest BCUT2D eigenvalue weighted by Gasteiger charge is -2.37. The number of aryl methyl sites for hydroxylation is 1. The van der Waals surface area contributed by atoms with Gasteiger partial charge in [0.05, 0.1) is 0 Å². The highest BCUT2D eigenvalue weighted by Crippen LogP contribution is 2.32. The summed E-state index contributed by atoms with van der Waals surface area (Å²) in [5.41, 5.74) is 0.437. The van der Waals surface area contributed by atoms with Crippen LogP contribution in [0.4, 0.5) is 23.1 Å². The van der Waals surface area contributed by atoms with Crippen LogP contribution in [0.3, 0.4) is 0 Å². The van der Waals surface area contributed by atoms with Gasteiger partial charge < -0.3 is 35.0 Å². The van der Waals surface area contributed by atoms with E-state index in [4.69, 9.17) is 19.4 Å². The number of aromatic amines is 1. The number of H-pyrrole nitrogens is 1. The normalized spacial score (nSPS) is 17.9. The number of nitrogens with zero attached hydrogens (tertiary/aromatic N) is 5. The largest absolute Gasteiger partial charge is 0.368 e. The minimum Gasteiger partial charge on any atom is -0.368 e. The number of aliphatic hydroxyl groups excluding tert-OH is 1. The number of hydrogen-bond donors (Lipinski definition) is 4. The summed E-state index contributed by atoms with van der Waals surface area (Å²) in [5, 5.41) is 23.7. The molecule has 3 aromatic rings. The molecule has 0 spiro atoms. The quantitative estimate of drug-likeness (QED) is 0.131. The van der Waals surface area contributed by atoms with Gasteiger partial charge in [-0.05, 0) is 89.9 Å². The molecule has 14 nitrogen and oxygen atoms in total. The first kappa shape index (κ1) is 36.2. The van der Waals surface area contributed by atoms with Gasteiger partial charge in [-0.3, -0.25) is 19.5 Å². The van der Waals surface area contributed by atoms with Gasteiger partial charge in [0.25, 0.3) is 5.91 Å². The third-order valence-electron chi connectivity index (χ3n) is 8.60. The molecule has 49 heavy (non-hydrogen) atoms. The Bertz CT molecular complexity index is 1620. The Hall–Kier alpha value is -4.05. The zero-order valence-corrected chi connectivity index (χ0v) is 29.7. The molecule has 4 unspecified atom stereocenters. The van der Waals surface area contributed by atoms with Gasteiger partial charge in [0.1, 0.15) is 29.4 Å². The number of ketones is 1. The van der Waals surface area contributed by atoms with Crippen LogP contribution in [0.25, 0.3) is 0 Å². The van der Waals surface area contributed by atoms with Crippen LogP contribution in [0, 0.1) is 12.8 Å². The maximum Gasteiger partial charge on any atom is 0.251 e. The first-order valence-electron chi connectivity index (χ1n) is 16.7. The fraction of sp³-hybridized carbons (Fsp3) is 0.529. The van der Waals surface area contributed by atoms with Crippen molar-refractivity contribution in [1.29, 1.82) is 0 Å². The second-order valence-electron chi connectivity index (χ2n) is 12.7. The van der Waals surface area contributed by atoms with Gasteiger partial charge in [-0.1, -0.05) is 6.92 Å². The number of ether oxygens (including phenoxy) is 2. The van der Waals surface area contributed by atoms with Crippen LogP contribution in [-0.4, -0.2) is 98.0 Å². The molecule has 15 heteroatoms. The lowest BCUT2D eigenvalue weighted by atomic mass is 9.94. The number of rotatable bonds is 15. The Morgan fingerprint density at radius 3 is 2.33 bits per heavy atom. The van der Waals surface area contributed by atoms with Gasteiger partial charge >= 0.3 is 0 Å². The molecule has 2 amide bonds. The summed E-state index contributed by atoms with van der Waals surface area (Å²) in [6, 6.07) is 11.4. The number of aromatic nitrogens is 4. The van der Waals surface area contributed by atoms with E-state index in [-0.39, 0.29) is 23.5 Å². The molecule has 1 saturated heterocycles. The first-order valence-corrected chi connectivity index (χ1v) is 17.5. The molecule has 264 valence electrons. The monoisotopic (exact) mass is 694 g/mol. The van der Waals surface area contributed by atoms with Crippen LogP contribution in [0.1, 0.15) is 59.6 Å². The number of amides is 2. The van der Waals surface area contributed by atoms with Gasteiger partial charge in [0, 0.05) is 60.5 Å². The van der Waals surface area contributed by atoms with Crippen LogP contribution in [-0.2, 0) is 23.9 Å². The number of hydrogen-bond acceptors (Lipinski definition) is 12. The van der Waals surface area contributed by atoms with Crippen molar-refractivity contribution in [2.75, 3.05) is 41.7 Å². The zero-order chi connectivity index (χ0) is 35.3. The Labute approximate surface area is 290 Å². The maximum atomic E-state index is 13.4. The molecule has 2 aliphatic rings. The van der Waals surface area contributed by atoms with E-state index in [1.54, 1.807) is 32.6 Å². The Morgan fingerprint density at radius 2 is 1.73 bits per heavy atom. The number of nitrogens with one attached hydrogen (secondary N) is 3. The molecule has 0 bridgehead atoms. The lowest BCUT2D eigenvalue weighted by molar-refractivity contribution is -0.191. The number of benzene rings is 1. The van der Waals surface area contributed by atoms with E-state index in [2.05, 4.69) is 25.7 Å². The highest BCUT2D eigenvalue weighted by atomic mass is 32.2. The predicted molar refractivity (Wildman–Crippen MR) is 186 cm³/mol. The van der Waals surface area contributed by atoms with E-state index < -0.39 is 24.1 Å². The topological polar surface area (TPSA) is 175 Å². The molecule has 5 rings (SSSR count). The van der Waals surface area contributed by atoms with E-state index in [9.17, 15) is 19.5 Å². The van der Waals surface area contributed by atoms with Crippen LogP contribution < -0.4 is 15.5 Å². The summed E-state index contributed by atoms with van der Waals surface area (Å²) in [7, 11) is 0. The number of carbonyl (C=O) groups is 3. The molecule has 2 aromatic heterocycles. The second-order valence-corrected chi connectivity index (χ2v) is 13.8. The average molecular weight is 695 g/mol. The number of Topliss-reactive ketones (excluding diaryl/α,β-unsaturated/α-hetero) is 1. The molecule has 0 radical (unpaired) electrons. The molecule has 4 N–H and O–H groups in total. The number of carbonyl (C=O) groups excluding carboxylic acids is 3. The van der Waals surface area contributed by atoms with Gasteiger partial charge in [0.15, 0.2) is 23.0 Å². The Balaban J connectivity index is 1.23. The minimum atomic E-state index is -1.23. The molecule has 1 saturated carbocycles. The summed E-state index contributed by atoms with van der Waals surface area (Å²) in [5.74, 6) is 1.56. The SMILES string of the molecule is CCC(C)(OC(C)O)C(=O)C(C)OC(C)C(=O)N1CCN(c2cc(Nc3cc(C)[nH]n3)nc(Sc3ccc(NC(=O)C4CC4)cc3)n2)CC1. The molecular weight excluding hydrogens is 648 g/mol. The van der Waals surface area contributed by atoms with Crippen molar-refractivity contribution in [1.82, 2.24) is 25.1 Å². The third kappa shape index (κ3) is 9.56. The molecule has 1 aromatic carbocycles. The van der Waals surface area contributed by atoms with Crippen molar-refractivity contribution in [3.05, 3.63) is 42.1 Å². The van der Waals surface area contributed by atoms with E-state index in [0.29, 0.717) is 55.2 Å². The summed E-state index contributed by atoms with van der Waals surface area (Å²) in [6.45, 7) is 12.0. The van der Waals surface area contributed by atoms with Crippen molar-refractivity contribution < 1.29 is 29.0 Å². The Morgan fingerprint density at radius 1 is 1.04 bits per heavy atom. The van der Waals surface area contributed by atoms with Gasteiger partial charge in [-0.2, -0.15) is 5.10 Å². The summed E-state index contributed by atoms with van der Waals surface area (Å²) >= 11 is 1.40. The van der Waals surface area contributed by atoms with E-state index in [1.165, 1.54) is 18.7 Å². The number of piperazine rings is 1. The summed E-state index contributed by atoms with van der Waals surface area (Å²) < 4.78 is 11.4. The number of aliphatic hydroxyl groups is 1. The fourth-order valence-corrected chi connectivity index (χ4v) is 6.33. The van der Waals surface area contributed by atoms with Crippen molar-refractivity contribution in [3.63, 3.8) is 0 Å². The van der Waals surface area contributed by atoms with Crippen molar-refractivity contribution >= 4 is 52.5 Å². The Kier molecular flexibility index (Phi) is 11.6. The van der Waals surface area contributed by atoms with Crippen LogP contribution >= 0.6 is 11.8 Å². The van der Waals surface area contributed by atoms with Gasteiger partial charge in [-0.15, -0.1) is 0 Å². The molecule has 4 atom stereocenters. The minimum absolute atomic E-state index is 0.0627. The molecule has 2 fully saturated rings. The highest BCUT2D eigenvalue weighted by molar-refractivity contribution is 7.99. The number of anilines is 4. The second kappa shape index (κ2) is 15.7. The molecule has 1 aliphatic carbocycles. The van der Waals surface area contributed by atoms with E-state index in [1.807, 2.05) is 43.3 Å². The van der Waals surface area contributed by atoms with Crippen LogP contribution in [0.2, 0.25) is 0 Å². The van der Waals surface area contributed by atoms with Crippen molar-refractivity contribution in [3.8, 4) is 0 Å². The fourth-order valence-electron chi connectivity index (χ4n) is 5.56. The third-order valence-corrected chi connectivity index (χ3v) is 9.47. The molecule has 1 aliphatic heterocycles. The molecular formula is C34H46N8O6S. The van der Waals surface area contributed by atoms with Crippen molar-refractivity contribution in [2.24, 2.45) is 5.92 Å².